The minimum absolute atomic E-state index is 0.281. The van der Waals surface area contributed by atoms with E-state index in [2.05, 4.69) is 26.0 Å². The van der Waals surface area contributed by atoms with Crippen LogP contribution >= 0.6 is 27.5 Å². The lowest BCUT2D eigenvalue weighted by Crippen LogP contribution is -2.09. The molecule has 0 radical (unpaired) electrons. The van der Waals surface area contributed by atoms with E-state index in [9.17, 15) is 9.18 Å². The van der Waals surface area contributed by atoms with Gasteiger partial charge in [-0.05, 0) is 35.9 Å². The van der Waals surface area contributed by atoms with Gasteiger partial charge in [-0.25, -0.2) is 9.18 Å². The van der Waals surface area contributed by atoms with E-state index in [0.29, 0.717) is 17.3 Å². The number of ether oxygens (including phenoxy) is 1. The molecule has 2 aromatic rings. The molecule has 6 heteroatoms. The van der Waals surface area contributed by atoms with Crippen molar-refractivity contribution in [2.75, 3.05) is 12.4 Å². The SMILES string of the molecule is COC(=O)c1ccc(F)cc1NCc1ccc(Cl)cc1Br. The molecule has 2 aromatic carbocycles. The van der Waals surface area contributed by atoms with Gasteiger partial charge in [-0.3, -0.25) is 0 Å². The van der Waals surface area contributed by atoms with Gasteiger partial charge >= 0.3 is 5.97 Å². The lowest BCUT2D eigenvalue weighted by atomic mass is 10.1. The Hall–Kier alpha value is -1.59. The van der Waals surface area contributed by atoms with Crippen molar-refractivity contribution in [1.29, 1.82) is 0 Å². The Kier molecular flexibility index (Phi) is 5.20. The molecule has 0 fully saturated rings. The van der Waals surface area contributed by atoms with Crippen molar-refractivity contribution in [1.82, 2.24) is 0 Å². The number of anilines is 1. The molecule has 0 aliphatic rings. The number of methoxy groups -OCH3 is 1. The Balaban J connectivity index is 2.23. The molecule has 110 valence electrons. The van der Waals surface area contributed by atoms with Crippen molar-refractivity contribution in [2.45, 2.75) is 6.54 Å². The molecule has 0 amide bonds. The highest BCUT2D eigenvalue weighted by Crippen LogP contribution is 2.24. The summed E-state index contributed by atoms with van der Waals surface area (Å²) < 4.78 is 18.9. The molecule has 3 nitrogen and oxygen atoms in total. The summed E-state index contributed by atoms with van der Waals surface area (Å²) in [5, 5.41) is 3.65. The van der Waals surface area contributed by atoms with E-state index >= 15 is 0 Å². The highest BCUT2D eigenvalue weighted by Gasteiger charge is 2.13. The zero-order valence-corrected chi connectivity index (χ0v) is 13.5. The average Bonchev–Trinajstić information content (AvgIpc) is 2.45. The maximum atomic E-state index is 13.4. The molecular weight excluding hydrogens is 361 g/mol. The van der Waals surface area contributed by atoms with Crippen molar-refractivity contribution in [3.05, 3.63) is 62.8 Å². The standard InChI is InChI=1S/C15H12BrClFNO2/c1-21-15(20)12-5-4-11(18)7-14(12)19-8-9-2-3-10(17)6-13(9)16/h2-7,19H,8H2,1H3. The number of benzene rings is 2. The first-order valence-corrected chi connectivity index (χ1v) is 7.24. The highest BCUT2D eigenvalue weighted by atomic mass is 79.9. The number of esters is 1. The minimum atomic E-state index is -0.521. The van der Waals surface area contributed by atoms with E-state index in [0.717, 1.165) is 10.0 Å². The fourth-order valence-corrected chi connectivity index (χ4v) is 2.63. The van der Waals surface area contributed by atoms with Gasteiger partial charge in [0.05, 0.1) is 18.4 Å². The van der Waals surface area contributed by atoms with Crippen LogP contribution in [0.1, 0.15) is 15.9 Å². The molecule has 0 saturated carbocycles. The van der Waals surface area contributed by atoms with Gasteiger partial charge in [0, 0.05) is 16.0 Å². The lowest BCUT2D eigenvalue weighted by Gasteiger charge is -2.12. The normalized spacial score (nSPS) is 10.3. The van der Waals surface area contributed by atoms with Gasteiger partial charge in [-0.15, -0.1) is 0 Å². The first-order valence-electron chi connectivity index (χ1n) is 6.07. The smallest absolute Gasteiger partial charge is 0.339 e. The van der Waals surface area contributed by atoms with Crippen LogP contribution in [0.2, 0.25) is 5.02 Å². The fraction of sp³-hybridized carbons (Fsp3) is 0.133. The predicted molar refractivity (Wildman–Crippen MR) is 84.2 cm³/mol. The average molecular weight is 373 g/mol. The number of carbonyl (C=O) groups excluding carboxylic acids is 1. The highest BCUT2D eigenvalue weighted by molar-refractivity contribution is 9.10. The first-order chi connectivity index (χ1) is 10.0. The molecule has 1 N–H and O–H groups in total. The summed E-state index contributed by atoms with van der Waals surface area (Å²) in [4.78, 5) is 11.7. The van der Waals surface area contributed by atoms with Crippen molar-refractivity contribution >= 4 is 39.2 Å². The molecule has 21 heavy (non-hydrogen) atoms. The number of rotatable bonds is 4. The van der Waals surface area contributed by atoms with Crippen molar-refractivity contribution in [3.63, 3.8) is 0 Å². The zero-order chi connectivity index (χ0) is 15.4. The van der Waals surface area contributed by atoms with E-state index in [1.165, 1.54) is 25.3 Å². The maximum absolute atomic E-state index is 13.4. The molecule has 0 aliphatic heterocycles. The van der Waals surface area contributed by atoms with Gasteiger partial charge in [-0.2, -0.15) is 0 Å². The molecule has 0 heterocycles. The van der Waals surface area contributed by atoms with Crippen LogP contribution in [0.5, 0.6) is 0 Å². The van der Waals surface area contributed by atoms with Gasteiger partial charge in [0.2, 0.25) is 0 Å². The fourth-order valence-electron chi connectivity index (χ4n) is 1.81. The molecular formula is C15H12BrClFNO2. The quantitative estimate of drug-likeness (QED) is 0.795. The molecule has 0 atom stereocenters. The van der Waals surface area contributed by atoms with Gasteiger partial charge < -0.3 is 10.1 Å². The summed E-state index contributed by atoms with van der Waals surface area (Å²) in [6.45, 7) is 0.408. The van der Waals surface area contributed by atoms with Crippen LogP contribution < -0.4 is 5.32 Å². The summed E-state index contributed by atoms with van der Waals surface area (Å²) in [5.74, 6) is -0.951. The third kappa shape index (κ3) is 3.95. The van der Waals surface area contributed by atoms with E-state index in [-0.39, 0.29) is 5.56 Å². The van der Waals surface area contributed by atoms with Gasteiger partial charge in [0.1, 0.15) is 5.82 Å². The lowest BCUT2D eigenvalue weighted by molar-refractivity contribution is 0.0602. The summed E-state index contributed by atoms with van der Waals surface area (Å²) in [7, 11) is 1.28. The zero-order valence-electron chi connectivity index (χ0n) is 11.1. The molecule has 2 rings (SSSR count). The Morgan fingerprint density at radius 1 is 1.33 bits per heavy atom. The van der Waals surface area contributed by atoms with Crippen LogP contribution in [-0.4, -0.2) is 13.1 Å². The summed E-state index contributed by atoms with van der Waals surface area (Å²) in [6.07, 6.45) is 0. The van der Waals surface area contributed by atoms with Crippen LogP contribution in [0.25, 0.3) is 0 Å². The maximum Gasteiger partial charge on any atom is 0.339 e. The molecule has 0 bridgehead atoms. The van der Waals surface area contributed by atoms with E-state index in [1.807, 2.05) is 6.07 Å². The van der Waals surface area contributed by atoms with Crippen LogP contribution in [0.3, 0.4) is 0 Å². The van der Waals surface area contributed by atoms with Crippen LogP contribution in [0.15, 0.2) is 40.9 Å². The summed E-state index contributed by atoms with van der Waals surface area (Å²) >= 11 is 9.29. The third-order valence-corrected chi connectivity index (χ3v) is 3.84. The van der Waals surface area contributed by atoms with Crippen molar-refractivity contribution < 1.29 is 13.9 Å². The molecule has 0 aromatic heterocycles. The van der Waals surface area contributed by atoms with Gasteiger partial charge in [0.25, 0.3) is 0 Å². The number of halogens is 3. The second kappa shape index (κ2) is 6.91. The summed E-state index contributed by atoms with van der Waals surface area (Å²) in [6, 6.07) is 9.24. The third-order valence-electron chi connectivity index (χ3n) is 2.87. The van der Waals surface area contributed by atoms with Crippen LogP contribution in [-0.2, 0) is 11.3 Å². The number of hydrogen-bond acceptors (Lipinski definition) is 3. The second-order valence-corrected chi connectivity index (χ2v) is 5.56. The predicted octanol–water partition coefficient (Wildman–Crippen LogP) is 4.64. The van der Waals surface area contributed by atoms with E-state index < -0.39 is 11.8 Å². The van der Waals surface area contributed by atoms with Gasteiger partial charge in [0.15, 0.2) is 0 Å². The Bertz CT molecular complexity index is 679. The molecule has 0 saturated heterocycles. The Morgan fingerprint density at radius 2 is 2.10 bits per heavy atom. The van der Waals surface area contributed by atoms with Crippen LogP contribution in [0, 0.1) is 5.82 Å². The van der Waals surface area contributed by atoms with E-state index in [1.54, 1.807) is 12.1 Å². The largest absolute Gasteiger partial charge is 0.465 e. The topological polar surface area (TPSA) is 38.3 Å². The van der Waals surface area contributed by atoms with Gasteiger partial charge in [-0.1, -0.05) is 33.6 Å². The van der Waals surface area contributed by atoms with E-state index in [4.69, 9.17) is 11.6 Å². The number of carbonyl (C=O) groups is 1. The molecule has 0 aliphatic carbocycles. The molecule has 0 spiro atoms. The first kappa shape index (κ1) is 15.8. The van der Waals surface area contributed by atoms with Crippen molar-refractivity contribution in [3.8, 4) is 0 Å². The number of hydrogen-bond donors (Lipinski definition) is 1. The van der Waals surface area contributed by atoms with Crippen LogP contribution in [0.4, 0.5) is 10.1 Å². The summed E-state index contributed by atoms with van der Waals surface area (Å²) in [5.41, 5.74) is 1.59. The number of nitrogens with one attached hydrogen (secondary N) is 1. The monoisotopic (exact) mass is 371 g/mol. The van der Waals surface area contributed by atoms with Crippen molar-refractivity contribution in [2.24, 2.45) is 0 Å². The Morgan fingerprint density at radius 3 is 2.76 bits per heavy atom. The molecule has 0 unspecified atom stereocenters. The minimum Gasteiger partial charge on any atom is -0.465 e. The Labute approximate surface area is 135 Å². The second-order valence-electron chi connectivity index (χ2n) is 4.27.